The number of hydrogen-bond acceptors (Lipinski definition) is 5. The van der Waals surface area contributed by atoms with Crippen LogP contribution in [0.3, 0.4) is 0 Å². The number of ether oxygens (including phenoxy) is 3. The summed E-state index contributed by atoms with van der Waals surface area (Å²) in [6.07, 6.45) is 0.396. The Kier molecular flexibility index (Phi) is 7.62. The number of aryl methyl sites for hydroxylation is 1. The van der Waals surface area contributed by atoms with Crippen LogP contribution in [0.15, 0.2) is 72.8 Å². The van der Waals surface area contributed by atoms with Crippen molar-refractivity contribution in [3.05, 3.63) is 89.9 Å². The largest absolute Gasteiger partial charge is 0.487 e. The molecule has 6 nitrogen and oxygen atoms in total. The van der Waals surface area contributed by atoms with Crippen LogP contribution in [0.25, 0.3) is 22.0 Å². The number of rotatable bonds is 7. The molecule has 0 N–H and O–H groups in total. The molecule has 0 amide bonds. The minimum absolute atomic E-state index is 0.101. The predicted octanol–water partition coefficient (Wildman–Crippen LogP) is 6.92. The van der Waals surface area contributed by atoms with Crippen molar-refractivity contribution in [2.24, 2.45) is 0 Å². The van der Waals surface area contributed by atoms with Crippen LogP contribution in [0, 0.1) is 5.82 Å². The summed E-state index contributed by atoms with van der Waals surface area (Å²) in [7, 11) is 1.39. The Hall–Kier alpha value is -4.13. The Morgan fingerprint density at radius 2 is 1.54 bits per heavy atom. The standard InChI is InChI=1S/C30H30FNO5/c1-30(2,3)37-29(34)32-25(17-23-10-13-24(31)18-27(23)32)19-36-26-14-11-22(12-15-26)21-8-5-20(6-9-21)7-16-28(33)35-4/h5-6,8-15,17-18H,7,16,19H2,1-4H3. The van der Waals surface area contributed by atoms with E-state index in [0.29, 0.717) is 29.8 Å². The molecule has 0 fully saturated rings. The lowest BCUT2D eigenvalue weighted by Gasteiger charge is -2.21. The highest BCUT2D eigenvalue weighted by Gasteiger charge is 2.22. The number of nitrogens with zero attached hydrogens (tertiary/aromatic N) is 1. The van der Waals surface area contributed by atoms with Gasteiger partial charge in [0.25, 0.3) is 0 Å². The van der Waals surface area contributed by atoms with Gasteiger partial charge < -0.3 is 14.2 Å². The van der Waals surface area contributed by atoms with Gasteiger partial charge in [-0.1, -0.05) is 36.4 Å². The summed E-state index contributed by atoms with van der Waals surface area (Å²) in [6, 6.07) is 21.8. The lowest BCUT2D eigenvalue weighted by Crippen LogP contribution is -2.28. The summed E-state index contributed by atoms with van der Waals surface area (Å²) in [5, 5.41) is 0.719. The molecule has 4 aromatic rings. The number of benzene rings is 3. The molecule has 0 spiro atoms. The van der Waals surface area contributed by atoms with E-state index < -0.39 is 17.5 Å². The van der Waals surface area contributed by atoms with Gasteiger partial charge in [-0.3, -0.25) is 4.79 Å². The highest BCUT2D eigenvalue weighted by molar-refractivity contribution is 5.91. The van der Waals surface area contributed by atoms with Gasteiger partial charge in [0.15, 0.2) is 0 Å². The van der Waals surface area contributed by atoms with Crippen LogP contribution in [-0.4, -0.2) is 29.3 Å². The maximum Gasteiger partial charge on any atom is 0.419 e. The Balaban J connectivity index is 1.47. The van der Waals surface area contributed by atoms with Crippen molar-refractivity contribution >= 4 is 23.0 Å². The van der Waals surface area contributed by atoms with E-state index in [9.17, 15) is 14.0 Å². The zero-order chi connectivity index (χ0) is 26.6. The predicted molar refractivity (Wildman–Crippen MR) is 140 cm³/mol. The van der Waals surface area contributed by atoms with E-state index in [1.54, 1.807) is 32.9 Å². The molecule has 192 valence electrons. The lowest BCUT2D eigenvalue weighted by molar-refractivity contribution is -0.140. The minimum atomic E-state index is -0.700. The molecule has 1 aromatic heterocycles. The highest BCUT2D eigenvalue weighted by Crippen LogP contribution is 2.26. The number of aromatic nitrogens is 1. The lowest BCUT2D eigenvalue weighted by atomic mass is 10.0. The topological polar surface area (TPSA) is 66.8 Å². The van der Waals surface area contributed by atoms with Crippen molar-refractivity contribution in [3.63, 3.8) is 0 Å². The zero-order valence-electron chi connectivity index (χ0n) is 21.4. The SMILES string of the molecule is COC(=O)CCc1ccc(-c2ccc(OCc3cc4ccc(F)cc4n3C(=O)OC(C)(C)C)cc2)cc1. The first kappa shape index (κ1) is 25.9. The molecule has 0 bridgehead atoms. The fraction of sp³-hybridized carbons (Fsp3) is 0.267. The number of halogens is 1. The number of esters is 1. The molecule has 7 heteroatoms. The van der Waals surface area contributed by atoms with E-state index in [1.165, 1.54) is 23.8 Å². The number of fused-ring (bicyclic) bond motifs is 1. The van der Waals surface area contributed by atoms with E-state index in [2.05, 4.69) is 0 Å². The third-order valence-corrected chi connectivity index (χ3v) is 5.79. The minimum Gasteiger partial charge on any atom is -0.487 e. The summed E-state index contributed by atoms with van der Waals surface area (Å²) < 4.78 is 31.5. The number of methoxy groups -OCH3 is 1. The van der Waals surface area contributed by atoms with Gasteiger partial charge in [-0.2, -0.15) is 0 Å². The van der Waals surface area contributed by atoms with Crippen molar-refractivity contribution in [1.82, 2.24) is 4.57 Å². The first-order valence-electron chi connectivity index (χ1n) is 12.1. The quantitative estimate of drug-likeness (QED) is 0.256. The van der Waals surface area contributed by atoms with E-state index in [4.69, 9.17) is 14.2 Å². The Morgan fingerprint density at radius 1 is 0.892 bits per heavy atom. The van der Waals surface area contributed by atoms with Gasteiger partial charge in [0.05, 0.1) is 18.3 Å². The van der Waals surface area contributed by atoms with Crippen LogP contribution in [0.4, 0.5) is 9.18 Å². The molecule has 0 saturated carbocycles. The molecule has 0 aliphatic carbocycles. The fourth-order valence-corrected chi connectivity index (χ4v) is 3.97. The normalized spacial score (nSPS) is 11.4. The third kappa shape index (κ3) is 6.55. The van der Waals surface area contributed by atoms with Gasteiger partial charge in [-0.05, 0) is 80.3 Å². The van der Waals surface area contributed by atoms with Gasteiger partial charge in [0.2, 0.25) is 0 Å². The smallest absolute Gasteiger partial charge is 0.419 e. The monoisotopic (exact) mass is 503 g/mol. The second kappa shape index (κ2) is 10.9. The van der Waals surface area contributed by atoms with Gasteiger partial charge >= 0.3 is 12.1 Å². The van der Waals surface area contributed by atoms with Crippen LogP contribution in [0.1, 0.15) is 38.4 Å². The van der Waals surface area contributed by atoms with Crippen molar-refractivity contribution in [2.45, 2.75) is 45.8 Å². The van der Waals surface area contributed by atoms with Gasteiger partial charge in [0.1, 0.15) is 23.8 Å². The van der Waals surface area contributed by atoms with E-state index in [0.717, 1.165) is 22.1 Å². The average molecular weight is 504 g/mol. The number of carbonyl (C=O) groups excluding carboxylic acids is 2. The van der Waals surface area contributed by atoms with Gasteiger partial charge in [0, 0.05) is 11.8 Å². The molecule has 0 atom stereocenters. The van der Waals surface area contributed by atoms with Crippen molar-refractivity contribution in [2.75, 3.05) is 7.11 Å². The molecule has 0 aliphatic heterocycles. The summed E-state index contributed by atoms with van der Waals surface area (Å²) in [4.78, 5) is 24.3. The second-order valence-corrected chi connectivity index (χ2v) is 9.74. The van der Waals surface area contributed by atoms with Crippen LogP contribution in [0.5, 0.6) is 5.75 Å². The molecule has 3 aromatic carbocycles. The van der Waals surface area contributed by atoms with E-state index in [-0.39, 0.29) is 12.6 Å². The molecular formula is C30H30FNO5. The molecule has 4 rings (SSSR count). The zero-order valence-corrected chi connectivity index (χ0v) is 21.4. The molecule has 37 heavy (non-hydrogen) atoms. The van der Waals surface area contributed by atoms with Crippen molar-refractivity contribution in [1.29, 1.82) is 0 Å². The first-order valence-corrected chi connectivity index (χ1v) is 12.1. The molecule has 0 aliphatic rings. The van der Waals surface area contributed by atoms with Crippen LogP contribution < -0.4 is 4.74 Å². The molecular weight excluding hydrogens is 473 g/mol. The summed E-state index contributed by atoms with van der Waals surface area (Å²) >= 11 is 0. The summed E-state index contributed by atoms with van der Waals surface area (Å²) in [5.41, 5.74) is 3.41. The van der Waals surface area contributed by atoms with Crippen molar-refractivity contribution in [3.8, 4) is 16.9 Å². The average Bonchev–Trinajstić information content (AvgIpc) is 3.23. The first-order chi connectivity index (χ1) is 17.6. The Morgan fingerprint density at radius 3 is 2.16 bits per heavy atom. The second-order valence-electron chi connectivity index (χ2n) is 9.74. The maximum atomic E-state index is 13.9. The van der Waals surface area contributed by atoms with Crippen molar-refractivity contribution < 1.29 is 28.2 Å². The third-order valence-electron chi connectivity index (χ3n) is 5.79. The molecule has 0 radical (unpaired) electrons. The number of carbonyl (C=O) groups is 2. The molecule has 1 heterocycles. The van der Waals surface area contributed by atoms with Gasteiger partial charge in [-0.15, -0.1) is 0 Å². The van der Waals surface area contributed by atoms with Crippen LogP contribution in [-0.2, 0) is 27.3 Å². The summed E-state index contributed by atoms with van der Waals surface area (Å²) in [5.74, 6) is -0.0288. The Labute approximate surface area is 215 Å². The highest BCUT2D eigenvalue weighted by atomic mass is 19.1. The maximum absolute atomic E-state index is 13.9. The Bertz CT molecular complexity index is 1400. The van der Waals surface area contributed by atoms with E-state index in [1.807, 2.05) is 48.5 Å². The van der Waals surface area contributed by atoms with Gasteiger partial charge in [-0.25, -0.2) is 13.8 Å². The van der Waals surface area contributed by atoms with E-state index >= 15 is 0 Å². The summed E-state index contributed by atoms with van der Waals surface area (Å²) in [6.45, 7) is 5.45. The van der Waals surface area contributed by atoms with Crippen LogP contribution >= 0.6 is 0 Å². The molecule has 0 unspecified atom stereocenters. The fourth-order valence-electron chi connectivity index (χ4n) is 3.97. The molecule has 0 saturated heterocycles. The number of hydrogen-bond donors (Lipinski definition) is 0. The van der Waals surface area contributed by atoms with Crippen LogP contribution in [0.2, 0.25) is 0 Å².